The molecule has 12 heavy (non-hydrogen) atoms. The highest BCUT2D eigenvalue weighted by molar-refractivity contribution is 7.90. The molecule has 0 saturated heterocycles. The van der Waals surface area contributed by atoms with Crippen LogP contribution in [0.5, 0.6) is 0 Å². The quantitative estimate of drug-likeness (QED) is 0.655. The van der Waals surface area contributed by atoms with Crippen molar-refractivity contribution < 1.29 is 18.3 Å². The normalized spacial score (nSPS) is 11.4. The Bertz CT molecular complexity index is 405. The zero-order chi connectivity index (χ0) is 9.35. The van der Waals surface area contributed by atoms with Gasteiger partial charge in [-0.25, -0.2) is 18.2 Å². The van der Waals surface area contributed by atoms with E-state index in [-0.39, 0.29) is 10.9 Å². The van der Waals surface area contributed by atoms with Gasteiger partial charge in [0.1, 0.15) is 5.69 Å². The van der Waals surface area contributed by atoms with Crippen molar-refractivity contribution in [3.05, 3.63) is 11.9 Å². The van der Waals surface area contributed by atoms with Crippen LogP contribution in [0.25, 0.3) is 0 Å². The van der Waals surface area contributed by atoms with E-state index < -0.39 is 15.8 Å². The van der Waals surface area contributed by atoms with E-state index in [1.165, 1.54) is 0 Å². The summed E-state index contributed by atoms with van der Waals surface area (Å²) in [6, 6.07) is 0. The summed E-state index contributed by atoms with van der Waals surface area (Å²) in [5, 5.41) is 8.06. The summed E-state index contributed by atoms with van der Waals surface area (Å²) in [6.07, 6.45) is 1.90. The van der Waals surface area contributed by atoms with Gasteiger partial charge in [0.2, 0.25) is 15.0 Å². The van der Waals surface area contributed by atoms with Crippen LogP contribution in [0, 0.1) is 0 Å². The zero-order valence-electron chi connectivity index (χ0n) is 6.10. The molecule has 7 heteroatoms. The zero-order valence-corrected chi connectivity index (χ0v) is 6.92. The van der Waals surface area contributed by atoms with Gasteiger partial charge in [0, 0.05) is 6.26 Å². The Hall–Kier alpha value is -1.37. The van der Waals surface area contributed by atoms with E-state index >= 15 is 0 Å². The predicted molar refractivity (Wildman–Crippen MR) is 38.7 cm³/mol. The Morgan fingerprint density at radius 3 is 2.50 bits per heavy atom. The molecular weight excluding hydrogens is 184 g/mol. The van der Waals surface area contributed by atoms with Crippen LogP contribution < -0.4 is 0 Å². The van der Waals surface area contributed by atoms with Crippen LogP contribution >= 0.6 is 0 Å². The van der Waals surface area contributed by atoms with Gasteiger partial charge >= 0.3 is 5.97 Å². The third-order valence-electron chi connectivity index (χ3n) is 1.13. The fourth-order valence-electron chi connectivity index (χ4n) is 0.600. The summed E-state index contributed by atoms with van der Waals surface area (Å²) in [7, 11) is -3.45. The lowest BCUT2D eigenvalue weighted by atomic mass is 10.5. The SMILES string of the molecule is CS(=O)(=O)c1ncc(C(=O)O)[nH]1. The van der Waals surface area contributed by atoms with Gasteiger partial charge < -0.3 is 10.1 Å². The highest BCUT2D eigenvalue weighted by Gasteiger charge is 2.14. The summed E-state index contributed by atoms with van der Waals surface area (Å²) >= 11 is 0. The van der Waals surface area contributed by atoms with Gasteiger partial charge in [-0.05, 0) is 0 Å². The molecule has 0 unspecified atom stereocenters. The monoisotopic (exact) mass is 190 g/mol. The first-order chi connectivity index (χ1) is 5.41. The van der Waals surface area contributed by atoms with Crippen LogP contribution in [0.2, 0.25) is 0 Å². The van der Waals surface area contributed by atoms with Crippen molar-refractivity contribution >= 4 is 15.8 Å². The highest BCUT2D eigenvalue weighted by Crippen LogP contribution is 2.03. The molecule has 0 atom stereocenters. The molecule has 66 valence electrons. The van der Waals surface area contributed by atoms with Gasteiger partial charge in [0.15, 0.2) is 0 Å². The van der Waals surface area contributed by atoms with Crippen molar-refractivity contribution in [2.45, 2.75) is 5.16 Å². The first-order valence-corrected chi connectivity index (χ1v) is 4.79. The number of nitrogens with zero attached hydrogens (tertiary/aromatic N) is 1. The summed E-state index contributed by atoms with van der Waals surface area (Å²) in [5.41, 5.74) is -0.240. The molecule has 0 radical (unpaired) electrons. The van der Waals surface area contributed by atoms with Crippen molar-refractivity contribution in [1.82, 2.24) is 9.97 Å². The predicted octanol–water partition coefficient (Wildman–Crippen LogP) is -0.489. The largest absolute Gasteiger partial charge is 0.477 e. The molecule has 0 fully saturated rings. The number of carboxylic acid groups (broad SMARTS) is 1. The number of hydrogen-bond donors (Lipinski definition) is 2. The average Bonchev–Trinajstić information content (AvgIpc) is 2.30. The lowest BCUT2D eigenvalue weighted by Gasteiger charge is -1.88. The van der Waals surface area contributed by atoms with E-state index in [1.807, 2.05) is 0 Å². The average molecular weight is 190 g/mol. The second kappa shape index (κ2) is 2.59. The van der Waals surface area contributed by atoms with Crippen LogP contribution in [-0.4, -0.2) is 35.7 Å². The smallest absolute Gasteiger partial charge is 0.353 e. The second-order valence-electron chi connectivity index (χ2n) is 2.18. The first kappa shape index (κ1) is 8.72. The van der Waals surface area contributed by atoms with E-state index in [1.54, 1.807) is 0 Å². The molecule has 1 aromatic heterocycles. The van der Waals surface area contributed by atoms with Crippen molar-refractivity contribution in [2.24, 2.45) is 0 Å². The maximum Gasteiger partial charge on any atom is 0.353 e. The Balaban J connectivity index is 3.17. The number of carbonyl (C=O) groups is 1. The van der Waals surface area contributed by atoms with Crippen LogP contribution in [-0.2, 0) is 9.84 Å². The molecule has 0 aliphatic heterocycles. The molecule has 1 aromatic rings. The number of rotatable bonds is 2. The molecule has 6 nitrogen and oxygen atoms in total. The fourth-order valence-corrected chi connectivity index (χ4v) is 1.14. The minimum Gasteiger partial charge on any atom is -0.477 e. The maximum atomic E-state index is 10.8. The molecule has 0 amide bonds. The van der Waals surface area contributed by atoms with Gasteiger partial charge in [-0.15, -0.1) is 0 Å². The highest BCUT2D eigenvalue weighted by atomic mass is 32.2. The molecule has 1 heterocycles. The number of nitrogens with one attached hydrogen (secondary N) is 1. The van der Waals surface area contributed by atoms with Crippen molar-refractivity contribution in [3.8, 4) is 0 Å². The number of hydrogen-bond acceptors (Lipinski definition) is 4. The first-order valence-electron chi connectivity index (χ1n) is 2.89. The number of aromatic amines is 1. The van der Waals surface area contributed by atoms with Crippen molar-refractivity contribution in [1.29, 1.82) is 0 Å². The van der Waals surface area contributed by atoms with Crippen LogP contribution in [0.4, 0.5) is 0 Å². The molecule has 0 spiro atoms. The van der Waals surface area contributed by atoms with Crippen LogP contribution in [0.1, 0.15) is 10.5 Å². The molecule has 0 aliphatic carbocycles. The number of aromatic carboxylic acids is 1. The van der Waals surface area contributed by atoms with Gasteiger partial charge in [-0.2, -0.15) is 0 Å². The van der Waals surface area contributed by atoms with E-state index in [4.69, 9.17) is 5.11 Å². The molecule has 2 N–H and O–H groups in total. The minimum absolute atomic E-state index is 0.240. The van der Waals surface area contributed by atoms with Crippen LogP contribution in [0.15, 0.2) is 11.4 Å². The molecule has 0 aliphatic rings. The third-order valence-corrected chi connectivity index (χ3v) is 2.04. The van der Waals surface area contributed by atoms with E-state index in [9.17, 15) is 13.2 Å². The second-order valence-corrected chi connectivity index (χ2v) is 4.11. The Kier molecular flexibility index (Phi) is 1.89. The van der Waals surface area contributed by atoms with Crippen molar-refractivity contribution in [3.63, 3.8) is 0 Å². The summed E-state index contributed by atoms with van der Waals surface area (Å²) in [6.45, 7) is 0. The van der Waals surface area contributed by atoms with E-state index in [0.29, 0.717) is 0 Å². The standard InChI is InChI=1S/C5H6N2O4S/c1-12(10,11)5-6-2-3(7-5)4(8)9/h2H,1H3,(H,6,7)(H,8,9). The minimum atomic E-state index is -3.45. The topological polar surface area (TPSA) is 100 Å². The number of imidazole rings is 1. The third kappa shape index (κ3) is 1.62. The summed E-state index contributed by atoms with van der Waals surface area (Å²) < 4.78 is 21.6. The number of sulfone groups is 1. The van der Waals surface area contributed by atoms with Crippen molar-refractivity contribution in [2.75, 3.05) is 6.26 Å². The Labute approximate surface area is 68.2 Å². The number of aromatic nitrogens is 2. The molecule has 0 bridgehead atoms. The van der Waals surface area contributed by atoms with Gasteiger partial charge in [-0.1, -0.05) is 0 Å². The lowest BCUT2D eigenvalue weighted by molar-refractivity contribution is 0.0690. The molecule has 1 rings (SSSR count). The van der Waals surface area contributed by atoms with Gasteiger partial charge in [-0.3, -0.25) is 0 Å². The lowest BCUT2D eigenvalue weighted by Crippen LogP contribution is -2.01. The molecular formula is C5H6N2O4S. The van der Waals surface area contributed by atoms with Crippen LogP contribution in [0.3, 0.4) is 0 Å². The van der Waals surface area contributed by atoms with Gasteiger partial charge in [0.05, 0.1) is 6.20 Å². The molecule has 0 saturated carbocycles. The Morgan fingerprint density at radius 2 is 2.25 bits per heavy atom. The number of H-pyrrole nitrogens is 1. The Morgan fingerprint density at radius 1 is 1.67 bits per heavy atom. The summed E-state index contributed by atoms with van der Waals surface area (Å²) in [5.74, 6) is -1.24. The summed E-state index contributed by atoms with van der Waals surface area (Å²) in [4.78, 5) is 15.8. The molecule has 0 aromatic carbocycles. The van der Waals surface area contributed by atoms with E-state index in [0.717, 1.165) is 12.5 Å². The maximum absolute atomic E-state index is 10.8. The van der Waals surface area contributed by atoms with Gasteiger partial charge in [0.25, 0.3) is 0 Å². The van der Waals surface area contributed by atoms with E-state index in [2.05, 4.69) is 9.97 Å². The number of carboxylic acids is 1. The fraction of sp³-hybridized carbons (Fsp3) is 0.200.